The van der Waals surface area contributed by atoms with Gasteiger partial charge >= 0.3 is 0 Å². The molecule has 5 heteroatoms. The normalized spacial score (nSPS) is 14.7. The first-order chi connectivity index (χ1) is 8.74. The fourth-order valence-electron chi connectivity index (χ4n) is 2.21. The van der Waals surface area contributed by atoms with Gasteiger partial charge in [-0.3, -0.25) is 14.5 Å². The van der Waals surface area contributed by atoms with Crippen LogP contribution in [0.3, 0.4) is 0 Å². The molecular weight excluding hydrogens is 230 g/mol. The first-order valence-corrected chi connectivity index (χ1v) is 5.81. The van der Waals surface area contributed by atoms with Crippen molar-refractivity contribution in [2.45, 2.75) is 19.9 Å². The van der Waals surface area contributed by atoms with Crippen molar-refractivity contribution in [3.8, 4) is 0 Å². The lowest BCUT2D eigenvalue weighted by atomic mass is 10.2. The van der Waals surface area contributed by atoms with E-state index < -0.39 is 0 Å². The second kappa shape index (κ2) is 4.27. The van der Waals surface area contributed by atoms with E-state index in [1.165, 1.54) is 27.1 Å². The fourth-order valence-corrected chi connectivity index (χ4v) is 2.21. The van der Waals surface area contributed by atoms with E-state index in [1.807, 2.05) is 30.3 Å². The molecule has 1 aliphatic heterocycles. The van der Waals surface area contributed by atoms with Crippen LogP contribution in [0.1, 0.15) is 5.56 Å². The molecule has 0 fully saturated rings. The minimum absolute atomic E-state index is 0.134. The first-order valence-electron chi connectivity index (χ1n) is 5.81. The summed E-state index contributed by atoms with van der Waals surface area (Å²) in [6, 6.07) is 12.7. The molecule has 0 bridgehead atoms. The van der Waals surface area contributed by atoms with Gasteiger partial charge in [0.25, 0.3) is 11.1 Å². The van der Waals surface area contributed by atoms with Gasteiger partial charge in [0.1, 0.15) is 0 Å². The molecule has 0 radical (unpaired) electrons. The van der Waals surface area contributed by atoms with Crippen LogP contribution in [0.4, 0.5) is 0 Å². The molecule has 18 heavy (non-hydrogen) atoms. The first kappa shape index (κ1) is 11.0. The molecule has 0 spiro atoms. The third-order valence-electron chi connectivity index (χ3n) is 3.09. The molecule has 2 heterocycles. The number of hydrogen-bond donors (Lipinski definition) is 0. The quantitative estimate of drug-likeness (QED) is 0.769. The average molecular weight is 243 g/mol. The molecule has 0 saturated heterocycles. The molecule has 5 nitrogen and oxygen atoms in total. The Morgan fingerprint density at radius 2 is 1.39 bits per heavy atom. The van der Waals surface area contributed by atoms with Crippen LogP contribution in [0.25, 0.3) is 0 Å². The van der Waals surface area contributed by atoms with E-state index in [-0.39, 0.29) is 11.1 Å². The Morgan fingerprint density at radius 1 is 0.833 bits per heavy atom. The molecule has 1 aromatic heterocycles. The van der Waals surface area contributed by atoms with Gasteiger partial charge in [0.2, 0.25) is 0 Å². The zero-order valence-electron chi connectivity index (χ0n) is 9.82. The van der Waals surface area contributed by atoms with Crippen molar-refractivity contribution >= 4 is 0 Å². The Kier molecular flexibility index (Phi) is 2.60. The topological polar surface area (TPSA) is 47.2 Å². The van der Waals surface area contributed by atoms with E-state index in [0.717, 1.165) is 6.54 Å². The highest BCUT2D eigenvalue weighted by molar-refractivity contribution is 5.14. The summed E-state index contributed by atoms with van der Waals surface area (Å²) in [6.07, 6.45) is 0. The molecule has 0 atom stereocenters. The SMILES string of the molecule is O=c1ccc(=O)n2n1CN(Cc1ccccc1)C2. The van der Waals surface area contributed by atoms with Crippen LogP contribution < -0.4 is 11.1 Å². The van der Waals surface area contributed by atoms with Crippen LogP contribution in [0, 0.1) is 0 Å². The van der Waals surface area contributed by atoms with Crippen LogP contribution >= 0.6 is 0 Å². The van der Waals surface area contributed by atoms with Crippen molar-refractivity contribution < 1.29 is 0 Å². The van der Waals surface area contributed by atoms with Crippen molar-refractivity contribution in [3.05, 3.63) is 68.7 Å². The molecule has 0 aliphatic carbocycles. The Labute approximate surface area is 103 Å². The third-order valence-corrected chi connectivity index (χ3v) is 3.09. The van der Waals surface area contributed by atoms with Gasteiger partial charge in [0.05, 0.1) is 13.3 Å². The van der Waals surface area contributed by atoms with E-state index in [0.29, 0.717) is 13.3 Å². The lowest BCUT2D eigenvalue weighted by molar-refractivity contribution is 0.236. The third kappa shape index (κ3) is 1.89. The van der Waals surface area contributed by atoms with E-state index in [1.54, 1.807) is 0 Å². The zero-order chi connectivity index (χ0) is 12.5. The maximum absolute atomic E-state index is 11.6. The Hall–Kier alpha value is -2.14. The Bertz CT molecular complexity index is 634. The summed E-state index contributed by atoms with van der Waals surface area (Å²) in [4.78, 5) is 25.3. The minimum Gasteiger partial charge on any atom is -0.268 e. The van der Waals surface area contributed by atoms with Crippen LogP contribution in [0.15, 0.2) is 52.1 Å². The minimum atomic E-state index is -0.134. The number of aromatic nitrogens is 2. The summed E-state index contributed by atoms with van der Waals surface area (Å²) in [5, 5.41) is 0. The van der Waals surface area contributed by atoms with Crippen LogP contribution in [0.5, 0.6) is 0 Å². The van der Waals surface area contributed by atoms with Crippen LogP contribution in [-0.2, 0) is 19.9 Å². The maximum atomic E-state index is 11.6. The summed E-state index contributed by atoms with van der Waals surface area (Å²) in [6.45, 7) is 1.65. The van der Waals surface area contributed by atoms with Crippen molar-refractivity contribution in [3.63, 3.8) is 0 Å². The van der Waals surface area contributed by atoms with Gasteiger partial charge in [-0.15, -0.1) is 0 Å². The highest BCUT2D eigenvalue weighted by Crippen LogP contribution is 2.09. The summed E-state index contributed by atoms with van der Waals surface area (Å²) >= 11 is 0. The molecule has 92 valence electrons. The predicted octanol–water partition coefficient (Wildman–Crippen LogP) is 0.441. The molecule has 1 aromatic carbocycles. The maximum Gasteiger partial charge on any atom is 0.266 e. The number of fused-ring (bicyclic) bond motifs is 1. The van der Waals surface area contributed by atoms with Gasteiger partial charge in [-0.1, -0.05) is 30.3 Å². The monoisotopic (exact) mass is 243 g/mol. The van der Waals surface area contributed by atoms with Gasteiger partial charge in [0.15, 0.2) is 0 Å². The molecule has 0 unspecified atom stereocenters. The summed E-state index contributed by atoms with van der Waals surface area (Å²) < 4.78 is 2.95. The molecule has 0 amide bonds. The highest BCUT2D eigenvalue weighted by atomic mass is 16.2. The number of benzene rings is 1. The van der Waals surface area contributed by atoms with Crippen molar-refractivity contribution in [2.24, 2.45) is 0 Å². The molecule has 2 aromatic rings. The lowest BCUT2D eigenvalue weighted by Crippen LogP contribution is -2.32. The summed E-state index contributed by atoms with van der Waals surface area (Å²) in [5.41, 5.74) is 0.904. The van der Waals surface area contributed by atoms with Crippen LogP contribution in [-0.4, -0.2) is 14.3 Å². The largest absolute Gasteiger partial charge is 0.268 e. The van der Waals surface area contributed by atoms with Gasteiger partial charge in [-0.25, -0.2) is 9.36 Å². The molecular formula is C13H13N3O2. The predicted molar refractivity (Wildman–Crippen MR) is 66.9 cm³/mol. The Balaban J connectivity index is 1.86. The summed E-state index contributed by atoms with van der Waals surface area (Å²) in [7, 11) is 0. The van der Waals surface area contributed by atoms with Gasteiger partial charge < -0.3 is 0 Å². The van der Waals surface area contributed by atoms with Crippen LogP contribution in [0.2, 0.25) is 0 Å². The standard InChI is InChI=1S/C13H13N3O2/c17-12-6-7-13(18)16-10-14(9-15(12)16)8-11-4-2-1-3-5-11/h1-7H,8-10H2. The van der Waals surface area contributed by atoms with Crippen molar-refractivity contribution in [1.29, 1.82) is 0 Å². The molecule has 0 N–H and O–H groups in total. The number of hydrogen-bond acceptors (Lipinski definition) is 3. The summed E-state index contributed by atoms with van der Waals surface area (Å²) in [5.74, 6) is 0. The highest BCUT2D eigenvalue weighted by Gasteiger charge is 2.19. The molecule has 0 saturated carbocycles. The van der Waals surface area contributed by atoms with Crippen molar-refractivity contribution in [2.75, 3.05) is 0 Å². The zero-order valence-corrected chi connectivity index (χ0v) is 9.82. The van der Waals surface area contributed by atoms with E-state index in [2.05, 4.69) is 4.90 Å². The smallest absolute Gasteiger partial charge is 0.266 e. The van der Waals surface area contributed by atoms with Gasteiger partial charge in [-0.2, -0.15) is 0 Å². The second-order valence-corrected chi connectivity index (χ2v) is 4.41. The molecule has 3 rings (SSSR count). The lowest BCUT2D eigenvalue weighted by Gasteiger charge is -2.12. The number of rotatable bonds is 2. The fraction of sp³-hybridized carbons (Fsp3) is 0.231. The van der Waals surface area contributed by atoms with E-state index in [9.17, 15) is 9.59 Å². The van der Waals surface area contributed by atoms with E-state index in [4.69, 9.17) is 0 Å². The Morgan fingerprint density at radius 3 is 1.94 bits per heavy atom. The van der Waals surface area contributed by atoms with E-state index >= 15 is 0 Å². The molecule has 1 aliphatic rings. The van der Waals surface area contributed by atoms with Gasteiger partial charge in [-0.05, 0) is 5.56 Å². The average Bonchev–Trinajstić information content (AvgIpc) is 2.80. The second-order valence-electron chi connectivity index (χ2n) is 4.41. The van der Waals surface area contributed by atoms with Gasteiger partial charge in [0, 0.05) is 18.7 Å². The number of nitrogens with zero attached hydrogens (tertiary/aromatic N) is 3. The van der Waals surface area contributed by atoms with Crippen molar-refractivity contribution in [1.82, 2.24) is 14.3 Å².